The monoisotopic (exact) mass is 242 g/mol. The summed E-state index contributed by atoms with van der Waals surface area (Å²) in [5.74, 6) is -1.85. The minimum absolute atomic E-state index is 0.0538. The molecule has 0 amide bonds. The Morgan fingerprint density at radius 2 is 1.81 bits per heavy atom. The maximum Gasteiger partial charge on any atom is 0.217 e. The van der Waals surface area contributed by atoms with Crippen LogP contribution in [0.5, 0.6) is 0 Å². The van der Waals surface area contributed by atoms with Crippen LogP contribution >= 0.6 is 11.8 Å². The number of hydrogen-bond acceptors (Lipinski definition) is 3. The zero-order chi connectivity index (χ0) is 11.5. The van der Waals surface area contributed by atoms with E-state index in [2.05, 4.69) is 9.97 Å². The minimum atomic E-state index is -0.714. The largest absolute Gasteiger partial charge is 0.229 e. The molecule has 0 saturated heterocycles. The lowest BCUT2D eigenvalue weighted by Gasteiger charge is -2.02. The average Bonchev–Trinajstić information content (AvgIpc) is 2.24. The van der Waals surface area contributed by atoms with Crippen LogP contribution in [0.3, 0.4) is 0 Å². The molecule has 0 aliphatic carbocycles. The third kappa shape index (κ3) is 2.52. The first kappa shape index (κ1) is 10.9. The molecule has 82 valence electrons. The number of hydrogen-bond donors (Lipinski definition) is 0. The fourth-order valence-electron chi connectivity index (χ4n) is 1.04. The van der Waals surface area contributed by atoms with Gasteiger partial charge in [-0.2, -0.15) is 4.39 Å². The van der Waals surface area contributed by atoms with Crippen LogP contribution in [-0.2, 0) is 0 Å². The predicted octanol–water partition coefficient (Wildman–Crippen LogP) is 3.05. The van der Waals surface area contributed by atoms with Crippen molar-refractivity contribution in [3.05, 3.63) is 48.2 Å². The summed E-state index contributed by atoms with van der Waals surface area (Å²) in [5.41, 5.74) is 0. The molecule has 0 atom stereocenters. The van der Waals surface area contributed by atoms with Crippen molar-refractivity contribution in [2.24, 2.45) is 0 Å². The first-order valence-corrected chi connectivity index (χ1v) is 5.07. The van der Waals surface area contributed by atoms with Gasteiger partial charge in [-0.3, -0.25) is 0 Å². The van der Waals surface area contributed by atoms with E-state index in [0.29, 0.717) is 0 Å². The topological polar surface area (TPSA) is 25.8 Å². The Morgan fingerprint density at radius 1 is 1.00 bits per heavy atom. The zero-order valence-electron chi connectivity index (χ0n) is 7.82. The lowest BCUT2D eigenvalue weighted by atomic mass is 10.3. The number of halogens is 3. The molecule has 0 spiro atoms. The van der Waals surface area contributed by atoms with E-state index in [-0.39, 0.29) is 9.92 Å². The van der Waals surface area contributed by atoms with Crippen molar-refractivity contribution in [1.29, 1.82) is 0 Å². The summed E-state index contributed by atoms with van der Waals surface area (Å²) in [6.45, 7) is 0. The molecular formula is C10H5F3N2S. The summed E-state index contributed by atoms with van der Waals surface area (Å²) < 4.78 is 38.8. The van der Waals surface area contributed by atoms with Gasteiger partial charge in [0.25, 0.3) is 0 Å². The molecule has 0 N–H and O–H groups in total. The molecule has 1 heterocycles. The minimum Gasteiger partial charge on any atom is -0.229 e. The second-order valence-corrected chi connectivity index (χ2v) is 3.92. The van der Waals surface area contributed by atoms with Crippen LogP contribution < -0.4 is 0 Å². The Morgan fingerprint density at radius 3 is 2.56 bits per heavy atom. The van der Waals surface area contributed by atoms with Crippen molar-refractivity contribution >= 4 is 11.8 Å². The Hall–Kier alpha value is -1.56. The molecule has 1 aromatic heterocycles. The molecule has 6 heteroatoms. The van der Waals surface area contributed by atoms with Gasteiger partial charge in [-0.15, -0.1) is 0 Å². The van der Waals surface area contributed by atoms with Crippen LogP contribution in [0.1, 0.15) is 0 Å². The number of aromatic nitrogens is 2. The lowest BCUT2D eigenvalue weighted by Crippen LogP contribution is -1.88. The summed E-state index contributed by atoms with van der Waals surface area (Å²) in [5, 5.41) is 0.219. The number of benzene rings is 1. The highest BCUT2D eigenvalue weighted by atomic mass is 32.2. The van der Waals surface area contributed by atoms with E-state index in [1.807, 2.05) is 0 Å². The zero-order valence-corrected chi connectivity index (χ0v) is 8.64. The van der Waals surface area contributed by atoms with Gasteiger partial charge in [-0.1, -0.05) is 11.8 Å². The van der Waals surface area contributed by atoms with Gasteiger partial charge in [-0.05, 0) is 18.2 Å². The van der Waals surface area contributed by atoms with Crippen molar-refractivity contribution in [3.63, 3.8) is 0 Å². The van der Waals surface area contributed by atoms with Crippen LogP contribution in [0.15, 0.2) is 40.5 Å². The summed E-state index contributed by atoms with van der Waals surface area (Å²) in [7, 11) is 0. The van der Waals surface area contributed by atoms with Gasteiger partial charge in [0, 0.05) is 6.07 Å². The molecule has 2 aromatic rings. The Kier molecular flexibility index (Phi) is 3.09. The molecule has 0 bridgehead atoms. The second-order valence-electron chi connectivity index (χ2n) is 2.86. The fraction of sp³-hybridized carbons (Fsp3) is 0. The SMILES string of the molecule is Fc1ccc(F)c(Sc2cc(F)ncn2)c1. The molecule has 2 nitrogen and oxygen atoms in total. The van der Waals surface area contributed by atoms with Crippen molar-refractivity contribution in [2.45, 2.75) is 9.92 Å². The smallest absolute Gasteiger partial charge is 0.217 e. The first-order chi connectivity index (χ1) is 7.65. The van der Waals surface area contributed by atoms with Gasteiger partial charge in [0.05, 0.1) is 4.90 Å². The van der Waals surface area contributed by atoms with Gasteiger partial charge in [0.15, 0.2) is 0 Å². The standard InChI is InChI=1S/C10H5F3N2S/c11-6-1-2-7(12)8(3-6)16-10-4-9(13)14-5-15-10/h1-5H. The van der Waals surface area contributed by atoms with Gasteiger partial charge < -0.3 is 0 Å². The van der Waals surface area contributed by atoms with E-state index >= 15 is 0 Å². The third-order valence-corrected chi connectivity index (χ3v) is 2.68. The Labute approximate surface area is 93.5 Å². The summed E-state index contributed by atoms with van der Waals surface area (Å²) in [4.78, 5) is 7.04. The van der Waals surface area contributed by atoms with E-state index < -0.39 is 17.6 Å². The average molecular weight is 242 g/mol. The quantitative estimate of drug-likeness (QED) is 0.757. The fourth-order valence-corrected chi connectivity index (χ4v) is 1.86. The van der Waals surface area contributed by atoms with Crippen LogP contribution in [0.4, 0.5) is 13.2 Å². The van der Waals surface area contributed by atoms with Crippen molar-refractivity contribution < 1.29 is 13.2 Å². The number of rotatable bonds is 2. The third-order valence-electron chi connectivity index (χ3n) is 1.72. The highest BCUT2D eigenvalue weighted by molar-refractivity contribution is 7.99. The molecule has 0 fully saturated rings. The van der Waals surface area contributed by atoms with Crippen LogP contribution in [0.2, 0.25) is 0 Å². The Balaban J connectivity index is 2.30. The highest BCUT2D eigenvalue weighted by Gasteiger charge is 2.07. The molecule has 0 unspecified atom stereocenters. The molecular weight excluding hydrogens is 237 g/mol. The van der Waals surface area contributed by atoms with Crippen LogP contribution in [0, 0.1) is 17.6 Å². The van der Waals surface area contributed by atoms with Gasteiger partial charge in [0.2, 0.25) is 5.95 Å². The summed E-state index contributed by atoms with van der Waals surface area (Å²) >= 11 is 0.836. The molecule has 1 aromatic carbocycles. The van der Waals surface area contributed by atoms with Crippen molar-refractivity contribution in [2.75, 3.05) is 0 Å². The molecule has 0 saturated carbocycles. The van der Waals surface area contributed by atoms with Crippen molar-refractivity contribution in [1.82, 2.24) is 9.97 Å². The normalized spacial score (nSPS) is 10.4. The van der Waals surface area contributed by atoms with E-state index in [4.69, 9.17) is 0 Å². The van der Waals surface area contributed by atoms with E-state index in [9.17, 15) is 13.2 Å². The Bertz CT molecular complexity index is 519. The maximum atomic E-state index is 13.2. The van der Waals surface area contributed by atoms with Gasteiger partial charge in [-0.25, -0.2) is 18.7 Å². The second kappa shape index (κ2) is 4.52. The predicted molar refractivity (Wildman–Crippen MR) is 52.5 cm³/mol. The number of nitrogens with zero attached hydrogens (tertiary/aromatic N) is 2. The molecule has 0 aliphatic rings. The summed E-state index contributed by atoms with van der Waals surface area (Å²) in [6.07, 6.45) is 1.02. The summed E-state index contributed by atoms with van der Waals surface area (Å²) in [6, 6.07) is 4.10. The van der Waals surface area contributed by atoms with Gasteiger partial charge in [0.1, 0.15) is 23.0 Å². The molecule has 0 radical (unpaired) electrons. The van der Waals surface area contributed by atoms with E-state index in [1.54, 1.807) is 0 Å². The van der Waals surface area contributed by atoms with E-state index in [0.717, 1.165) is 42.4 Å². The van der Waals surface area contributed by atoms with Crippen molar-refractivity contribution in [3.8, 4) is 0 Å². The molecule has 2 rings (SSSR count). The molecule has 0 aliphatic heterocycles. The highest BCUT2D eigenvalue weighted by Crippen LogP contribution is 2.28. The first-order valence-electron chi connectivity index (χ1n) is 4.25. The maximum absolute atomic E-state index is 13.2. The molecule has 16 heavy (non-hydrogen) atoms. The van der Waals surface area contributed by atoms with E-state index in [1.165, 1.54) is 0 Å². The van der Waals surface area contributed by atoms with Gasteiger partial charge >= 0.3 is 0 Å². The van der Waals surface area contributed by atoms with Crippen LogP contribution in [0.25, 0.3) is 0 Å². The van der Waals surface area contributed by atoms with Crippen LogP contribution in [-0.4, -0.2) is 9.97 Å². The lowest BCUT2D eigenvalue weighted by molar-refractivity contribution is 0.570.